The van der Waals surface area contributed by atoms with Gasteiger partial charge in [0, 0.05) is 17.0 Å². The SMILES string of the molecule is CCc1cc2cc(OC)ccc2nc1SCC(=O)Nc1nccs1. The van der Waals surface area contributed by atoms with Crippen molar-refractivity contribution in [2.75, 3.05) is 18.2 Å². The summed E-state index contributed by atoms with van der Waals surface area (Å²) in [6, 6.07) is 7.93. The van der Waals surface area contributed by atoms with E-state index >= 15 is 0 Å². The molecule has 0 radical (unpaired) electrons. The second-order valence-corrected chi connectivity index (χ2v) is 6.90. The number of thiazole rings is 1. The molecule has 0 fully saturated rings. The fourth-order valence-electron chi connectivity index (χ4n) is 2.26. The first-order chi connectivity index (χ1) is 11.7. The molecule has 0 unspecified atom stereocenters. The molecule has 1 N–H and O–H groups in total. The molecule has 0 aliphatic rings. The highest BCUT2D eigenvalue weighted by Crippen LogP contribution is 2.27. The molecule has 1 amide bonds. The number of benzene rings is 1. The number of pyridine rings is 1. The molecule has 0 saturated heterocycles. The average molecular weight is 359 g/mol. The second kappa shape index (κ2) is 7.63. The Morgan fingerprint density at radius 3 is 2.96 bits per heavy atom. The number of hydrogen-bond acceptors (Lipinski definition) is 6. The topological polar surface area (TPSA) is 64.1 Å². The molecule has 124 valence electrons. The zero-order valence-corrected chi connectivity index (χ0v) is 15.0. The van der Waals surface area contributed by atoms with E-state index in [0.29, 0.717) is 10.9 Å². The van der Waals surface area contributed by atoms with Crippen LogP contribution in [-0.4, -0.2) is 28.7 Å². The molecule has 5 nitrogen and oxygen atoms in total. The van der Waals surface area contributed by atoms with E-state index < -0.39 is 0 Å². The number of hydrogen-bond donors (Lipinski definition) is 1. The summed E-state index contributed by atoms with van der Waals surface area (Å²) in [4.78, 5) is 20.8. The van der Waals surface area contributed by atoms with E-state index in [1.165, 1.54) is 23.1 Å². The fourth-order valence-corrected chi connectivity index (χ4v) is 3.70. The number of nitrogens with one attached hydrogen (secondary N) is 1. The van der Waals surface area contributed by atoms with Crippen molar-refractivity contribution in [3.8, 4) is 5.75 Å². The lowest BCUT2D eigenvalue weighted by atomic mass is 10.1. The van der Waals surface area contributed by atoms with Gasteiger partial charge in [0.1, 0.15) is 10.8 Å². The van der Waals surface area contributed by atoms with Gasteiger partial charge in [0.15, 0.2) is 5.13 Å². The maximum atomic E-state index is 12.0. The molecular weight excluding hydrogens is 342 g/mol. The zero-order chi connectivity index (χ0) is 16.9. The van der Waals surface area contributed by atoms with E-state index in [1.807, 2.05) is 23.6 Å². The fraction of sp³-hybridized carbons (Fsp3) is 0.235. The van der Waals surface area contributed by atoms with Crippen molar-refractivity contribution in [1.29, 1.82) is 0 Å². The third kappa shape index (κ3) is 3.85. The van der Waals surface area contributed by atoms with Gasteiger partial charge in [0.05, 0.1) is 18.4 Å². The first kappa shape index (κ1) is 16.7. The Hall–Kier alpha value is -2.12. The second-order valence-electron chi connectivity index (χ2n) is 5.04. The molecule has 0 aliphatic heterocycles. The van der Waals surface area contributed by atoms with Crippen molar-refractivity contribution in [2.45, 2.75) is 18.4 Å². The summed E-state index contributed by atoms with van der Waals surface area (Å²) in [5, 5.41) is 7.17. The van der Waals surface area contributed by atoms with E-state index in [1.54, 1.807) is 13.3 Å². The monoisotopic (exact) mass is 359 g/mol. The van der Waals surface area contributed by atoms with Gasteiger partial charge in [0.2, 0.25) is 5.91 Å². The Morgan fingerprint density at radius 2 is 2.25 bits per heavy atom. The number of anilines is 1. The largest absolute Gasteiger partial charge is 0.497 e. The van der Waals surface area contributed by atoms with Crippen molar-refractivity contribution in [3.05, 3.63) is 41.4 Å². The first-order valence-electron chi connectivity index (χ1n) is 7.49. The Morgan fingerprint density at radius 1 is 1.38 bits per heavy atom. The lowest BCUT2D eigenvalue weighted by Gasteiger charge is -2.10. The van der Waals surface area contributed by atoms with Crippen LogP contribution in [0.2, 0.25) is 0 Å². The van der Waals surface area contributed by atoms with Crippen LogP contribution in [0.5, 0.6) is 5.75 Å². The minimum atomic E-state index is -0.0753. The molecule has 0 aliphatic carbocycles. The number of carbonyl (C=O) groups excluding carboxylic acids is 1. The summed E-state index contributed by atoms with van der Waals surface area (Å²) in [5.74, 6) is 1.05. The summed E-state index contributed by atoms with van der Waals surface area (Å²) in [6.45, 7) is 2.09. The van der Waals surface area contributed by atoms with Crippen molar-refractivity contribution >= 4 is 45.0 Å². The Kier molecular flexibility index (Phi) is 5.32. The maximum Gasteiger partial charge on any atom is 0.236 e. The molecule has 3 rings (SSSR count). The van der Waals surface area contributed by atoms with Crippen LogP contribution in [0.1, 0.15) is 12.5 Å². The molecule has 0 atom stereocenters. The quantitative estimate of drug-likeness (QED) is 0.674. The number of nitrogens with zero attached hydrogens (tertiary/aromatic N) is 2. The van der Waals surface area contributed by atoms with Gasteiger partial charge in [-0.05, 0) is 36.2 Å². The molecular formula is C17H17N3O2S2. The van der Waals surface area contributed by atoms with Gasteiger partial charge in [-0.2, -0.15) is 0 Å². The van der Waals surface area contributed by atoms with Gasteiger partial charge in [-0.1, -0.05) is 18.7 Å². The van der Waals surface area contributed by atoms with Gasteiger partial charge in [-0.15, -0.1) is 11.3 Å². The van der Waals surface area contributed by atoms with Gasteiger partial charge in [-0.3, -0.25) is 4.79 Å². The predicted molar refractivity (Wildman–Crippen MR) is 99.1 cm³/mol. The van der Waals surface area contributed by atoms with Crippen LogP contribution in [0.15, 0.2) is 40.9 Å². The van der Waals surface area contributed by atoms with Crippen LogP contribution in [0.25, 0.3) is 10.9 Å². The van der Waals surface area contributed by atoms with E-state index in [-0.39, 0.29) is 5.91 Å². The number of aryl methyl sites for hydroxylation is 1. The minimum Gasteiger partial charge on any atom is -0.497 e. The van der Waals surface area contributed by atoms with Crippen molar-refractivity contribution < 1.29 is 9.53 Å². The molecule has 0 bridgehead atoms. The minimum absolute atomic E-state index is 0.0753. The highest BCUT2D eigenvalue weighted by atomic mass is 32.2. The Bertz CT molecular complexity index is 850. The number of aromatic nitrogens is 2. The summed E-state index contributed by atoms with van der Waals surface area (Å²) in [7, 11) is 1.65. The van der Waals surface area contributed by atoms with Crippen molar-refractivity contribution in [2.24, 2.45) is 0 Å². The number of methoxy groups -OCH3 is 1. The van der Waals surface area contributed by atoms with Crippen molar-refractivity contribution in [3.63, 3.8) is 0 Å². The van der Waals surface area contributed by atoms with Crippen LogP contribution >= 0.6 is 23.1 Å². The Labute approximate surface area is 148 Å². The number of ether oxygens (including phenoxy) is 1. The zero-order valence-electron chi connectivity index (χ0n) is 13.4. The highest BCUT2D eigenvalue weighted by molar-refractivity contribution is 8.00. The third-order valence-corrected chi connectivity index (χ3v) is 5.18. The van der Waals surface area contributed by atoms with Gasteiger partial charge >= 0.3 is 0 Å². The number of carbonyl (C=O) groups is 1. The first-order valence-corrected chi connectivity index (χ1v) is 9.36. The molecule has 2 aromatic heterocycles. The lowest BCUT2D eigenvalue weighted by molar-refractivity contribution is -0.113. The molecule has 24 heavy (non-hydrogen) atoms. The van der Waals surface area contributed by atoms with Crippen LogP contribution in [0.4, 0.5) is 5.13 Å². The van der Waals surface area contributed by atoms with E-state index in [4.69, 9.17) is 9.72 Å². The molecule has 2 heterocycles. The standard InChI is InChI=1S/C17H17N3O2S2/c1-3-11-8-12-9-13(22-2)4-5-14(12)19-16(11)24-10-15(21)20-17-18-6-7-23-17/h4-9H,3,10H2,1-2H3,(H,18,20,21). The lowest BCUT2D eigenvalue weighted by Crippen LogP contribution is -2.14. The third-order valence-electron chi connectivity index (χ3n) is 3.46. The molecule has 1 aromatic carbocycles. The summed E-state index contributed by atoms with van der Waals surface area (Å²) in [6.07, 6.45) is 2.53. The summed E-state index contributed by atoms with van der Waals surface area (Å²) in [5.41, 5.74) is 2.03. The smallest absolute Gasteiger partial charge is 0.236 e. The molecule has 3 aromatic rings. The highest BCUT2D eigenvalue weighted by Gasteiger charge is 2.11. The van der Waals surface area contributed by atoms with Gasteiger partial charge in [-0.25, -0.2) is 9.97 Å². The predicted octanol–water partition coefficient (Wildman–Crippen LogP) is 3.99. The van der Waals surface area contributed by atoms with Crippen LogP contribution in [0, 0.1) is 0 Å². The van der Waals surface area contributed by atoms with Gasteiger partial charge < -0.3 is 10.1 Å². The molecule has 0 saturated carbocycles. The van der Waals surface area contributed by atoms with Crippen LogP contribution in [-0.2, 0) is 11.2 Å². The van der Waals surface area contributed by atoms with Gasteiger partial charge in [0.25, 0.3) is 0 Å². The number of fused-ring (bicyclic) bond motifs is 1. The number of rotatable bonds is 6. The number of amides is 1. The van der Waals surface area contributed by atoms with Crippen LogP contribution < -0.4 is 10.1 Å². The maximum absolute atomic E-state index is 12.0. The molecule has 0 spiro atoms. The average Bonchev–Trinajstić information content (AvgIpc) is 3.11. The summed E-state index contributed by atoms with van der Waals surface area (Å²) < 4.78 is 5.26. The number of thioether (sulfide) groups is 1. The normalized spacial score (nSPS) is 10.8. The Balaban J connectivity index is 1.76. The van der Waals surface area contributed by atoms with Crippen LogP contribution in [0.3, 0.4) is 0 Å². The summed E-state index contributed by atoms with van der Waals surface area (Å²) >= 11 is 2.85. The van der Waals surface area contributed by atoms with E-state index in [0.717, 1.165) is 33.7 Å². The molecule has 7 heteroatoms. The van der Waals surface area contributed by atoms with E-state index in [9.17, 15) is 4.79 Å². The van der Waals surface area contributed by atoms with E-state index in [2.05, 4.69) is 23.3 Å². The van der Waals surface area contributed by atoms with Crippen molar-refractivity contribution in [1.82, 2.24) is 9.97 Å².